The zero-order valence-corrected chi connectivity index (χ0v) is 16.6. The van der Waals surface area contributed by atoms with Gasteiger partial charge in [-0.25, -0.2) is 13.4 Å². The van der Waals surface area contributed by atoms with Gasteiger partial charge in [-0.3, -0.25) is 4.90 Å². The Kier molecular flexibility index (Phi) is 4.96. The summed E-state index contributed by atoms with van der Waals surface area (Å²) in [5.41, 5.74) is 0.870. The van der Waals surface area contributed by atoms with Crippen molar-refractivity contribution in [1.82, 2.24) is 19.5 Å². The molecular weight excluding hydrogens is 376 g/mol. The molecule has 9 heteroatoms. The Hall–Kier alpha value is -0.840. The van der Waals surface area contributed by atoms with E-state index in [1.54, 1.807) is 21.7 Å². The molecule has 1 unspecified atom stereocenters. The molecule has 4 rings (SSSR count). The van der Waals surface area contributed by atoms with Crippen molar-refractivity contribution in [2.45, 2.75) is 23.6 Å². The molecule has 0 aliphatic carbocycles. The van der Waals surface area contributed by atoms with Gasteiger partial charge in [-0.2, -0.15) is 4.31 Å². The Morgan fingerprint density at radius 1 is 1.24 bits per heavy atom. The average molecular weight is 399 g/mol. The summed E-state index contributed by atoms with van der Waals surface area (Å²) in [6.07, 6.45) is 0.919. The van der Waals surface area contributed by atoms with Crippen LogP contribution >= 0.6 is 22.7 Å². The molecule has 25 heavy (non-hydrogen) atoms. The fourth-order valence-corrected chi connectivity index (χ4v) is 7.08. The molecule has 2 fully saturated rings. The first-order valence-corrected chi connectivity index (χ1v) is 11.6. The van der Waals surface area contributed by atoms with Crippen LogP contribution in [0.5, 0.6) is 0 Å². The van der Waals surface area contributed by atoms with Crippen molar-refractivity contribution in [2.75, 3.05) is 39.3 Å². The fraction of sp³-hybridized carbons (Fsp3) is 0.562. The van der Waals surface area contributed by atoms with Crippen LogP contribution in [-0.4, -0.2) is 67.9 Å². The molecule has 0 aromatic carbocycles. The van der Waals surface area contributed by atoms with Crippen molar-refractivity contribution in [3.05, 3.63) is 22.5 Å². The molecule has 0 amide bonds. The van der Waals surface area contributed by atoms with E-state index in [1.165, 1.54) is 11.3 Å². The van der Waals surface area contributed by atoms with E-state index in [0.29, 0.717) is 23.3 Å². The molecule has 0 spiro atoms. The molecule has 1 atom stereocenters. The normalized spacial score (nSPS) is 23.3. The summed E-state index contributed by atoms with van der Waals surface area (Å²) >= 11 is 2.90. The van der Waals surface area contributed by atoms with Gasteiger partial charge in [-0.05, 0) is 25.5 Å². The second kappa shape index (κ2) is 7.05. The van der Waals surface area contributed by atoms with E-state index in [1.807, 2.05) is 18.4 Å². The first-order valence-electron chi connectivity index (χ1n) is 8.51. The number of rotatable bonds is 4. The second-order valence-corrected chi connectivity index (χ2v) is 10.8. The van der Waals surface area contributed by atoms with Crippen LogP contribution in [0.2, 0.25) is 0 Å². The number of hydrogen-bond donors (Lipinski definition) is 1. The molecule has 2 aromatic rings. The monoisotopic (exact) mass is 398 g/mol. The highest BCUT2D eigenvalue weighted by Gasteiger charge is 2.36. The second-order valence-electron chi connectivity index (χ2n) is 6.46. The smallest absolute Gasteiger partial charge is 0.252 e. The number of aryl methyl sites for hydroxylation is 1. The van der Waals surface area contributed by atoms with Crippen molar-refractivity contribution in [2.24, 2.45) is 0 Å². The number of nitrogens with one attached hydrogen (secondary N) is 1. The number of thiophene rings is 1. The van der Waals surface area contributed by atoms with Crippen LogP contribution in [0.4, 0.5) is 0 Å². The first-order chi connectivity index (χ1) is 12.0. The zero-order valence-electron chi connectivity index (χ0n) is 14.1. The van der Waals surface area contributed by atoms with Crippen LogP contribution in [0.15, 0.2) is 21.7 Å². The molecule has 0 saturated carbocycles. The molecule has 2 aliphatic heterocycles. The summed E-state index contributed by atoms with van der Waals surface area (Å²) < 4.78 is 28.1. The van der Waals surface area contributed by atoms with Crippen LogP contribution in [-0.2, 0) is 10.0 Å². The molecule has 136 valence electrons. The van der Waals surface area contributed by atoms with Gasteiger partial charge in [-0.15, -0.1) is 22.7 Å². The summed E-state index contributed by atoms with van der Waals surface area (Å²) in [6, 6.07) is 3.94. The summed E-state index contributed by atoms with van der Waals surface area (Å²) in [5.74, 6) is 0. The van der Waals surface area contributed by atoms with Gasteiger partial charge in [0.25, 0.3) is 10.0 Å². The van der Waals surface area contributed by atoms with Gasteiger partial charge in [0, 0.05) is 50.7 Å². The lowest BCUT2D eigenvalue weighted by Crippen LogP contribution is -2.49. The Labute approximate surface area is 156 Å². The van der Waals surface area contributed by atoms with Crippen molar-refractivity contribution in [3.63, 3.8) is 0 Å². The summed E-state index contributed by atoms with van der Waals surface area (Å²) in [6.45, 7) is 7.16. The summed E-state index contributed by atoms with van der Waals surface area (Å²) in [5, 5.41) is 6.32. The number of sulfonamides is 1. The lowest BCUT2D eigenvalue weighted by atomic mass is 10.2. The van der Waals surface area contributed by atoms with Gasteiger partial charge in [0.1, 0.15) is 4.21 Å². The van der Waals surface area contributed by atoms with E-state index in [2.05, 4.69) is 15.2 Å². The largest absolute Gasteiger partial charge is 0.314 e. The predicted octanol–water partition coefficient (Wildman–Crippen LogP) is 1.85. The van der Waals surface area contributed by atoms with E-state index in [4.69, 9.17) is 0 Å². The third kappa shape index (κ3) is 3.54. The summed E-state index contributed by atoms with van der Waals surface area (Å²) in [4.78, 5) is 7.79. The minimum atomic E-state index is -3.41. The molecule has 1 N–H and O–H groups in total. The van der Waals surface area contributed by atoms with Crippen LogP contribution in [0.25, 0.3) is 10.6 Å². The molecule has 2 aromatic heterocycles. The number of hydrogen-bond acceptors (Lipinski definition) is 7. The number of nitrogens with zero attached hydrogens (tertiary/aromatic N) is 3. The highest BCUT2D eigenvalue weighted by atomic mass is 32.2. The van der Waals surface area contributed by atoms with Crippen molar-refractivity contribution in [3.8, 4) is 10.6 Å². The molecule has 2 aliphatic rings. The van der Waals surface area contributed by atoms with Crippen LogP contribution in [0.3, 0.4) is 0 Å². The lowest BCUT2D eigenvalue weighted by Gasteiger charge is -2.32. The highest BCUT2D eigenvalue weighted by Crippen LogP contribution is 2.34. The third-order valence-corrected chi connectivity index (χ3v) is 9.05. The fourth-order valence-electron chi connectivity index (χ4n) is 3.47. The molecule has 0 bridgehead atoms. The topological polar surface area (TPSA) is 65.5 Å². The summed E-state index contributed by atoms with van der Waals surface area (Å²) in [7, 11) is -3.41. The predicted molar refractivity (Wildman–Crippen MR) is 102 cm³/mol. The Morgan fingerprint density at radius 2 is 2.04 bits per heavy atom. The SMILES string of the molecule is Cc1nc(-c2ccc(S(=O)(=O)N3CCC(N4CCNCC4)C3)s2)cs1. The molecule has 6 nitrogen and oxygen atoms in total. The van der Waals surface area contributed by atoms with Crippen molar-refractivity contribution in [1.29, 1.82) is 0 Å². The average Bonchev–Trinajstić information content (AvgIpc) is 3.35. The maximum atomic E-state index is 13.0. The zero-order chi connectivity index (χ0) is 17.4. The van der Waals surface area contributed by atoms with Crippen molar-refractivity contribution < 1.29 is 8.42 Å². The Balaban J connectivity index is 1.49. The van der Waals surface area contributed by atoms with Gasteiger partial charge < -0.3 is 5.32 Å². The van der Waals surface area contributed by atoms with Gasteiger partial charge in [-0.1, -0.05) is 0 Å². The van der Waals surface area contributed by atoms with Crippen molar-refractivity contribution >= 4 is 32.7 Å². The molecule has 2 saturated heterocycles. The van der Waals surface area contributed by atoms with Crippen LogP contribution < -0.4 is 5.32 Å². The number of thiazole rings is 1. The van der Waals surface area contributed by atoms with Crippen LogP contribution in [0, 0.1) is 6.92 Å². The van der Waals surface area contributed by atoms with Gasteiger partial charge in [0.2, 0.25) is 0 Å². The van der Waals surface area contributed by atoms with E-state index in [0.717, 1.165) is 48.2 Å². The number of piperazine rings is 1. The first kappa shape index (κ1) is 17.6. The quantitative estimate of drug-likeness (QED) is 0.851. The third-order valence-electron chi connectivity index (χ3n) is 4.84. The maximum absolute atomic E-state index is 13.0. The maximum Gasteiger partial charge on any atom is 0.252 e. The van der Waals surface area contributed by atoms with E-state index in [9.17, 15) is 8.42 Å². The Morgan fingerprint density at radius 3 is 2.76 bits per heavy atom. The molecular formula is C16H22N4O2S3. The Bertz CT molecular complexity index is 839. The lowest BCUT2D eigenvalue weighted by molar-refractivity contribution is 0.179. The highest BCUT2D eigenvalue weighted by molar-refractivity contribution is 7.91. The van der Waals surface area contributed by atoms with Gasteiger partial charge >= 0.3 is 0 Å². The van der Waals surface area contributed by atoms with E-state index >= 15 is 0 Å². The minimum Gasteiger partial charge on any atom is -0.314 e. The van der Waals surface area contributed by atoms with Gasteiger partial charge in [0.05, 0.1) is 15.6 Å². The molecule has 0 radical (unpaired) electrons. The van der Waals surface area contributed by atoms with Gasteiger partial charge in [0.15, 0.2) is 0 Å². The standard InChI is InChI=1S/C16H22N4O2S3/c1-12-18-14(11-23-12)15-2-3-16(24-15)25(21,22)20-7-4-13(10-20)19-8-5-17-6-9-19/h2-3,11,13,17H,4-10H2,1H3. The van der Waals surface area contributed by atoms with Crippen LogP contribution in [0.1, 0.15) is 11.4 Å². The molecule has 4 heterocycles. The van der Waals surface area contributed by atoms with E-state index in [-0.39, 0.29) is 0 Å². The minimum absolute atomic E-state index is 0.345. The number of aromatic nitrogens is 1. The van der Waals surface area contributed by atoms with E-state index < -0.39 is 10.0 Å².